The zero-order valence-corrected chi connectivity index (χ0v) is 15.7. The van der Waals surface area contributed by atoms with E-state index in [0.29, 0.717) is 6.61 Å². The van der Waals surface area contributed by atoms with Crippen molar-refractivity contribution in [3.8, 4) is 0 Å². The Bertz CT molecular complexity index is 419. The summed E-state index contributed by atoms with van der Waals surface area (Å²) < 4.78 is 10.6. The maximum absolute atomic E-state index is 5.61. The van der Waals surface area contributed by atoms with E-state index < -0.39 is 0 Å². The van der Waals surface area contributed by atoms with E-state index in [2.05, 4.69) is 20.5 Å². The number of nitrogens with one attached hydrogen (secondary N) is 2. The second-order valence-electron chi connectivity index (χ2n) is 5.15. The normalized spacial score (nSPS) is 17.1. The molecule has 1 aliphatic heterocycles. The number of aliphatic imine (C=N–C) groups is 1. The zero-order valence-electron chi connectivity index (χ0n) is 13.4. The molecule has 126 valence electrons. The number of hydrogen-bond acceptors (Lipinski definition) is 4. The van der Waals surface area contributed by atoms with Gasteiger partial charge < -0.3 is 19.8 Å². The van der Waals surface area contributed by atoms with Gasteiger partial charge in [0.1, 0.15) is 5.76 Å². The lowest BCUT2D eigenvalue weighted by molar-refractivity contribution is 0.202. The van der Waals surface area contributed by atoms with Gasteiger partial charge in [-0.25, -0.2) is 0 Å². The van der Waals surface area contributed by atoms with Gasteiger partial charge in [0, 0.05) is 27.2 Å². The topological polar surface area (TPSA) is 62.0 Å². The standard InChI is InChI=1S/C15H26N4O2.HI/c1-16-15(17-7-11-20-2)18-12-13(14-6-5-10-21-14)19-8-3-4-9-19;/h5-6,10,13H,3-4,7-9,11-12H2,1-2H3,(H2,16,17,18);1H. The lowest BCUT2D eigenvalue weighted by atomic mass is 10.2. The molecule has 6 nitrogen and oxygen atoms in total. The Morgan fingerprint density at radius 1 is 1.41 bits per heavy atom. The molecule has 0 aliphatic carbocycles. The third-order valence-electron chi connectivity index (χ3n) is 3.74. The highest BCUT2D eigenvalue weighted by Gasteiger charge is 2.25. The third kappa shape index (κ3) is 5.77. The number of hydrogen-bond donors (Lipinski definition) is 2. The van der Waals surface area contributed by atoms with Crippen LogP contribution in [0.5, 0.6) is 0 Å². The van der Waals surface area contributed by atoms with Crippen LogP contribution in [0.4, 0.5) is 0 Å². The second-order valence-corrected chi connectivity index (χ2v) is 5.15. The SMILES string of the molecule is CN=C(NCCOC)NCC(c1ccco1)N1CCCC1.I. The van der Waals surface area contributed by atoms with E-state index in [9.17, 15) is 0 Å². The fraction of sp³-hybridized carbons (Fsp3) is 0.667. The summed E-state index contributed by atoms with van der Waals surface area (Å²) in [4.78, 5) is 6.70. The van der Waals surface area contributed by atoms with Crippen molar-refractivity contribution in [1.82, 2.24) is 15.5 Å². The van der Waals surface area contributed by atoms with Crippen molar-refractivity contribution in [3.05, 3.63) is 24.2 Å². The highest BCUT2D eigenvalue weighted by molar-refractivity contribution is 14.0. The minimum Gasteiger partial charge on any atom is -0.468 e. The van der Waals surface area contributed by atoms with E-state index in [1.165, 1.54) is 12.8 Å². The summed E-state index contributed by atoms with van der Waals surface area (Å²) in [5, 5.41) is 6.60. The summed E-state index contributed by atoms with van der Waals surface area (Å²) in [6.07, 6.45) is 4.26. The summed E-state index contributed by atoms with van der Waals surface area (Å²) in [6.45, 7) is 4.44. The molecule has 0 aromatic carbocycles. The van der Waals surface area contributed by atoms with Gasteiger partial charge in [-0.05, 0) is 38.1 Å². The first-order valence-electron chi connectivity index (χ1n) is 7.56. The summed E-state index contributed by atoms with van der Waals surface area (Å²) in [5.41, 5.74) is 0. The quantitative estimate of drug-likeness (QED) is 0.304. The fourth-order valence-corrected chi connectivity index (χ4v) is 2.63. The summed E-state index contributed by atoms with van der Waals surface area (Å²) in [5.74, 6) is 1.81. The first-order valence-corrected chi connectivity index (χ1v) is 7.56. The van der Waals surface area contributed by atoms with Crippen LogP contribution in [0.15, 0.2) is 27.8 Å². The molecule has 1 unspecified atom stereocenters. The molecular formula is C15H27IN4O2. The molecule has 0 spiro atoms. The van der Waals surface area contributed by atoms with Crippen LogP contribution in [0.25, 0.3) is 0 Å². The smallest absolute Gasteiger partial charge is 0.191 e. The van der Waals surface area contributed by atoms with Crippen LogP contribution in [0.1, 0.15) is 24.6 Å². The van der Waals surface area contributed by atoms with E-state index >= 15 is 0 Å². The van der Waals surface area contributed by atoms with Gasteiger partial charge in [-0.15, -0.1) is 24.0 Å². The van der Waals surface area contributed by atoms with Gasteiger partial charge >= 0.3 is 0 Å². The van der Waals surface area contributed by atoms with Crippen molar-refractivity contribution in [3.63, 3.8) is 0 Å². The molecule has 1 saturated heterocycles. The summed E-state index contributed by atoms with van der Waals surface area (Å²) in [7, 11) is 3.47. The van der Waals surface area contributed by atoms with Gasteiger partial charge in [0.25, 0.3) is 0 Å². The van der Waals surface area contributed by atoms with Gasteiger partial charge in [0.05, 0.1) is 18.9 Å². The Morgan fingerprint density at radius 3 is 2.77 bits per heavy atom. The van der Waals surface area contributed by atoms with Crippen LogP contribution in [0.2, 0.25) is 0 Å². The maximum atomic E-state index is 5.61. The van der Waals surface area contributed by atoms with Crippen molar-refractivity contribution < 1.29 is 9.15 Å². The fourth-order valence-electron chi connectivity index (χ4n) is 2.63. The average molecular weight is 422 g/mol. The van der Waals surface area contributed by atoms with Crippen molar-refractivity contribution in [2.24, 2.45) is 4.99 Å². The van der Waals surface area contributed by atoms with Crippen LogP contribution in [0, 0.1) is 0 Å². The molecule has 22 heavy (non-hydrogen) atoms. The molecule has 2 N–H and O–H groups in total. The number of nitrogens with zero attached hydrogens (tertiary/aromatic N) is 2. The number of rotatable bonds is 7. The van der Waals surface area contributed by atoms with Crippen molar-refractivity contribution in [2.75, 3.05) is 46.9 Å². The predicted octanol–water partition coefficient (Wildman–Crippen LogP) is 1.85. The number of furan rings is 1. The lowest BCUT2D eigenvalue weighted by Crippen LogP contribution is -2.43. The van der Waals surface area contributed by atoms with Crippen molar-refractivity contribution >= 4 is 29.9 Å². The number of halogens is 1. The van der Waals surface area contributed by atoms with Gasteiger partial charge in [-0.1, -0.05) is 0 Å². The molecule has 1 aromatic rings. The summed E-state index contributed by atoms with van der Waals surface area (Å²) >= 11 is 0. The molecular weight excluding hydrogens is 395 g/mol. The predicted molar refractivity (Wildman–Crippen MR) is 98.9 cm³/mol. The largest absolute Gasteiger partial charge is 0.468 e. The maximum Gasteiger partial charge on any atom is 0.191 e. The second kappa shape index (κ2) is 10.8. The molecule has 1 atom stereocenters. The van der Waals surface area contributed by atoms with Crippen LogP contribution >= 0.6 is 24.0 Å². The van der Waals surface area contributed by atoms with Gasteiger partial charge in [0.2, 0.25) is 0 Å². The number of likely N-dealkylation sites (tertiary alicyclic amines) is 1. The highest BCUT2D eigenvalue weighted by Crippen LogP contribution is 2.24. The number of ether oxygens (including phenoxy) is 1. The Balaban J connectivity index is 0.00000242. The Morgan fingerprint density at radius 2 is 2.18 bits per heavy atom. The third-order valence-corrected chi connectivity index (χ3v) is 3.74. The molecule has 1 fully saturated rings. The van der Waals surface area contributed by atoms with Crippen molar-refractivity contribution in [1.29, 1.82) is 0 Å². The first kappa shape index (κ1) is 19.2. The van der Waals surface area contributed by atoms with E-state index in [0.717, 1.165) is 37.9 Å². The Kier molecular flexibility index (Phi) is 9.49. The monoisotopic (exact) mass is 422 g/mol. The number of guanidine groups is 1. The number of methoxy groups -OCH3 is 1. The molecule has 1 aliphatic rings. The van der Waals surface area contributed by atoms with E-state index in [-0.39, 0.29) is 30.0 Å². The van der Waals surface area contributed by atoms with Gasteiger partial charge in [0.15, 0.2) is 5.96 Å². The van der Waals surface area contributed by atoms with Crippen LogP contribution < -0.4 is 10.6 Å². The van der Waals surface area contributed by atoms with Crippen molar-refractivity contribution in [2.45, 2.75) is 18.9 Å². The minimum atomic E-state index is 0. The Labute approximate surface area is 149 Å². The van der Waals surface area contributed by atoms with E-state index in [1.807, 2.05) is 12.1 Å². The average Bonchev–Trinajstić information content (AvgIpc) is 3.19. The van der Waals surface area contributed by atoms with Gasteiger partial charge in [-0.2, -0.15) is 0 Å². The molecule has 1 aromatic heterocycles. The van der Waals surface area contributed by atoms with E-state index in [1.54, 1.807) is 20.4 Å². The van der Waals surface area contributed by atoms with E-state index in [4.69, 9.17) is 9.15 Å². The molecule has 0 amide bonds. The van der Waals surface area contributed by atoms with Crippen LogP contribution in [-0.2, 0) is 4.74 Å². The molecule has 0 saturated carbocycles. The molecule has 0 bridgehead atoms. The minimum absolute atomic E-state index is 0. The molecule has 0 radical (unpaired) electrons. The zero-order chi connectivity index (χ0) is 14.9. The molecule has 2 heterocycles. The summed E-state index contributed by atoms with van der Waals surface area (Å²) in [6, 6.07) is 4.25. The Hall–Kier alpha value is -0.800. The van der Waals surface area contributed by atoms with Crippen LogP contribution in [0.3, 0.4) is 0 Å². The first-order chi connectivity index (χ1) is 10.3. The highest BCUT2D eigenvalue weighted by atomic mass is 127. The van der Waals surface area contributed by atoms with Gasteiger partial charge in [-0.3, -0.25) is 9.89 Å². The lowest BCUT2D eigenvalue weighted by Gasteiger charge is -2.26. The molecule has 2 rings (SSSR count). The molecule has 7 heteroatoms. The van der Waals surface area contributed by atoms with Crippen LogP contribution in [-0.4, -0.2) is 57.8 Å².